The van der Waals surface area contributed by atoms with Crippen LogP contribution in [0.5, 0.6) is 0 Å². The lowest BCUT2D eigenvalue weighted by atomic mass is 10.1. The van der Waals surface area contributed by atoms with Crippen LogP contribution < -0.4 is 0 Å². The summed E-state index contributed by atoms with van der Waals surface area (Å²) in [6, 6.07) is 0. The van der Waals surface area contributed by atoms with Crippen molar-refractivity contribution >= 4 is 41.2 Å². The van der Waals surface area contributed by atoms with Crippen LogP contribution in [-0.4, -0.2) is 5.08 Å². The van der Waals surface area contributed by atoms with Gasteiger partial charge >= 0.3 is 0 Å². The van der Waals surface area contributed by atoms with Gasteiger partial charge in [0.25, 0.3) is 0 Å². The van der Waals surface area contributed by atoms with Crippen molar-refractivity contribution < 1.29 is 0 Å². The molecule has 0 bridgehead atoms. The monoisotopic (exact) mass is 284 g/mol. The van der Waals surface area contributed by atoms with E-state index in [-0.39, 0.29) is 0 Å². The second-order valence-electron chi connectivity index (χ2n) is 3.61. The Kier molecular flexibility index (Phi) is 16.8. The zero-order valence-electron chi connectivity index (χ0n) is 10.00. The van der Waals surface area contributed by atoms with Gasteiger partial charge in [0.1, 0.15) is 0 Å². The van der Waals surface area contributed by atoms with E-state index in [0.29, 0.717) is 0 Å². The molecule has 0 N–H and O–H groups in total. The fourth-order valence-electron chi connectivity index (χ4n) is 1.31. The van der Waals surface area contributed by atoms with Gasteiger partial charge in [0.2, 0.25) is 0 Å². The highest BCUT2D eigenvalue weighted by Crippen LogP contribution is 2.53. The second-order valence-corrected chi connectivity index (χ2v) is 9.98. The van der Waals surface area contributed by atoms with Crippen molar-refractivity contribution in [3.05, 3.63) is 0 Å². The summed E-state index contributed by atoms with van der Waals surface area (Å²) < 4.78 is 0. The Morgan fingerprint density at radius 3 is 1.33 bits per heavy atom. The van der Waals surface area contributed by atoms with E-state index >= 15 is 0 Å². The predicted molar refractivity (Wildman–Crippen MR) is 83.5 cm³/mol. The predicted octanol–water partition coefficient (Wildman–Crippen LogP) is 6.78. The molecule has 0 saturated carbocycles. The molecule has 0 radical (unpaired) electrons. The molecule has 1 fully saturated rings. The smallest absolute Gasteiger partial charge is 0.0616 e. The maximum atomic E-state index is 2.27. The van der Waals surface area contributed by atoms with Crippen molar-refractivity contribution in [1.82, 2.24) is 0 Å². The molecular weight excluding hydrogens is 260 g/mol. The minimum Gasteiger partial charge on any atom is -0.0698 e. The first kappa shape index (κ1) is 16.4. The SMILES string of the molecule is C1SSSS1.CCCCCCCCCC. The van der Waals surface area contributed by atoms with Crippen LogP contribution in [0, 0.1) is 0 Å². The summed E-state index contributed by atoms with van der Waals surface area (Å²) in [5.74, 6) is 0. The van der Waals surface area contributed by atoms with E-state index in [1.807, 2.05) is 41.2 Å². The summed E-state index contributed by atoms with van der Waals surface area (Å²) in [4.78, 5) is 0. The Labute approximate surface area is 111 Å². The summed E-state index contributed by atoms with van der Waals surface area (Å²) in [7, 11) is 7.57. The summed E-state index contributed by atoms with van der Waals surface area (Å²) in [6.07, 6.45) is 11.5. The fourth-order valence-corrected chi connectivity index (χ4v) is 9.16. The van der Waals surface area contributed by atoms with E-state index in [9.17, 15) is 0 Å². The molecule has 0 aromatic heterocycles. The van der Waals surface area contributed by atoms with Crippen molar-refractivity contribution in [2.75, 3.05) is 5.08 Å². The van der Waals surface area contributed by atoms with Gasteiger partial charge in [-0.15, -0.1) is 0 Å². The molecule has 15 heavy (non-hydrogen) atoms. The molecule has 0 atom stereocenters. The Hall–Kier alpha value is 1.40. The van der Waals surface area contributed by atoms with Gasteiger partial charge in [0, 0.05) is 0 Å². The van der Waals surface area contributed by atoms with Crippen LogP contribution in [0.25, 0.3) is 0 Å². The molecule has 0 aromatic rings. The average molecular weight is 285 g/mol. The molecule has 4 heteroatoms. The molecule has 1 saturated heterocycles. The molecule has 0 nitrogen and oxygen atoms in total. The minimum absolute atomic E-state index is 1.26. The van der Waals surface area contributed by atoms with Crippen LogP contribution in [0.3, 0.4) is 0 Å². The molecule has 0 aliphatic carbocycles. The summed E-state index contributed by atoms with van der Waals surface area (Å²) in [5.41, 5.74) is 0. The maximum Gasteiger partial charge on any atom is 0.0616 e. The maximum absolute atomic E-state index is 2.27. The van der Waals surface area contributed by atoms with E-state index in [4.69, 9.17) is 0 Å². The van der Waals surface area contributed by atoms with E-state index < -0.39 is 0 Å². The quantitative estimate of drug-likeness (QED) is 0.373. The first-order valence-electron chi connectivity index (χ1n) is 5.99. The highest BCUT2D eigenvalue weighted by Gasteiger charge is 1.98. The fraction of sp³-hybridized carbons (Fsp3) is 1.00. The van der Waals surface area contributed by atoms with Gasteiger partial charge in [0.15, 0.2) is 0 Å². The summed E-state index contributed by atoms with van der Waals surface area (Å²) in [5, 5.41) is 1.26. The molecule has 1 rings (SSSR count). The van der Waals surface area contributed by atoms with Crippen LogP contribution in [0.2, 0.25) is 0 Å². The minimum atomic E-state index is 1.26. The van der Waals surface area contributed by atoms with Crippen molar-refractivity contribution in [2.45, 2.75) is 65.2 Å². The van der Waals surface area contributed by atoms with Gasteiger partial charge in [-0.25, -0.2) is 0 Å². The Morgan fingerprint density at radius 2 is 1.07 bits per heavy atom. The molecule has 0 unspecified atom stereocenters. The molecule has 1 heterocycles. The molecule has 92 valence electrons. The third kappa shape index (κ3) is 15.4. The lowest BCUT2D eigenvalue weighted by molar-refractivity contribution is 0.585. The van der Waals surface area contributed by atoms with Crippen molar-refractivity contribution in [2.24, 2.45) is 0 Å². The zero-order valence-corrected chi connectivity index (χ0v) is 13.3. The topological polar surface area (TPSA) is 0 Å². The zero-order chi connectivity index (χ0) is 11.2. The van der Waals surface area contributed by atoms with Crippen LogP contribution in [0.4, 0.5) is 0 Å². The van der Waals surface area contributed by atoms with Crippen LogP contribution in [-0.2, 0) is 0 Å². The first-order chi connectivity index (χ1) is 7.41. The Morgan fingerprint density at radius 1 is 0.667 bits per heavy atom. The van der Waals surface area contributed by atoms with Gasteiger partial charge < -0.3 is 0 Å². The number of rotatable bonds is 7. The number of hydrogen-bond acceptors (Lipinski definition) is 4. The lowest BCUT2D eigenvalue weighted by Crippen LogP contribution is -1.77. The lowest BCUT2D eigenvalue weighted by Gasteiger charge is -1.97. The normalized spacial score (nSPS) is 14.8. The molecule has 0 aromatic carbocycles. The molecule has 0 amide bonds. The van der Waals surface area contributed by atoms with E-state index in [1.165, 1.54) is 56.5 Å². The van der Waals surface area contributed by atoms with Crippen molar-refractivity contribution in [3.8, 4) is 0 Å². The number of unbranched alkanes of at least 4 members (excludes halogenated alkanes) is 7. The van der Waals surface area contributed by atoms with Crippen LogP contribution in [0.15, 0.2) is 0 Å². The highest BCUT2D eigenvalue weighted by atomic mass is 33.7. The summed E-state index contributed by atoms with van der Waals surface area (Å²) in [6.45, 7) is 4.54. The van der Waals surface area contributed by atoms with Gasteiger partial charge in [-0.05, 0) is 19.7 Å². The van der Waals surface area contributed by atoms with Crippen LogP contribution in [0.1, 0.15) is 65.2 Å². The third-order valence-electron chi connectivity index (χ3n) is 2.18. The third-order valence-corrected chi connectivity index (χ3v) is 9.40. The highest BCUT2D eigenvalue weighted by molar-refractivity contribution is 9.30. The number of hydrogen-bond donors (Lipinski definition) is 0. The molecule has 1 aliphatic rings. The van der Waals surface area contributed by atoms with Crippen molar-refractivity contribution in [3.63, 3.8) is 0 Å². The standard InChI is InChI=1S/C10H22.CH2S4/c1-3-5-7-9-10-8-6-4-2;1-2-4-5-3-1/h3-10H2,1-2H3;1H2. The van der Waals surface area contributed by atoms with Crippen LogP contribution >= 0.6 is 41.2 Å². The van der Waals surface area contributed by atoms with Gasteiger partial charge in [-0.1, -0.05) is 86.8 Å². The molecule has 0 spiro atoms. The van der Waals surface area contributed by atoms with Gasteiger partial charge in [-0.2, -0.15) is 0 Å². The molecular formula is C11H24S4. The van der Waals surface area contributed by atoms with Gasteiger partial charge in [-0.3, -0.25) is 0 Å². The van der Waals surface area contributed by atoms with E-state index in [1.54, 1.807) is 0 Å². The van der Waals surface area contributed by atoms with E-state index in [0.717, 1.165) is 0 Å². The second kappa shape index (κ2) is 15.4. The average Bonchev–Trinajstić information content (AvgIpc) is 2.82. The Bertz CT molecular complexity index is 89.2. The van der Waals surface area contributed by atoms with E-state index in [2.05, 4.69) is 13.8 Å². The Balaban J connectivity index is 0.000000322. The first-order valence-corrected chi connectivity index (χ1v) is 11.1. The largest absolute Gasteiger partial charge is 0.0698 e. The van der Waals surface area contributed by atoms with Crippen molar-refractivity contribution in [1.29, 1.82) is 0 Å². The van der Waals surface area contributed by atoms with Gasteiger partial charge in [0.05, 0.1) is 5.08 Å². The molecule has 1 aliphatic heterocycles. The summed E-state index contributed by atoms with van der Waals surface area (Å²) >= 11 is 0.